The summed E-state index contributed by atoms with van der Waals surface area (Å²) in [4.78, 5) is 25.8. The lowest BCUT2D eigenvalue weighted by molar-refractivity contribution is -0.684. The maximum absolute atomic E-state index is 12.1. The largest absolute Gasteiger partial charge is 0.444 e. The summed E-state index contributed by atoms with van der Waals surface area (Å²) in [6, 6.07) is -0.268. The van der Waals surface area contributed by atoms with E-state index in [-0.39, 0.29) is 23.6 Å². The maximum Gasteiger partial charge on any atom is 0.410 e. The Kier molecular flexibility index (Phi) is 5.02. The van der Waals surface area contributed by atoms with Crippen molar-refractivity contribution in [3.63, 3.8) is 0 Å². The summed E-state index contributed by atoms with van der Waals surface area (Å²) in [5.74, 6) is -0.0363. The summed E-state index contributed by atoms with van der Waals surface area (Å²) in [5.41, 5.74) is -0.777. The minimum atomic E-state index is -0.512. The van der Waals surface area contributed by atoms with E-state index in [2.05, 4.69) is 5.32 Å². The van der Waals surface area contributed by atoms with Gasteiger partial charge in [-0.1, -0.05) is 0 Å². The van der Waals surface area contributed by atoms with Crippen molar-refractivity contribution in [2.24, 2.45) is 0 Å². The van der Waals surface area contributed by atoms with E-state index < -0.39 is 5.60 Å². The highest BCUT2D eigenvalue weighted by molar-refractivity contribution is 5.82. The first-order valence-electron chi connectivity index (χ1n) is 7.11. The van der Waals surface area contributed by atoms with Gasteiger partial charge in [-0.15, -0.1) is 0 Å². The van der Waals surface area contributed by atoms with Crippen LogP contribution in [0.3, 0.4) is 0 Å². The van der Waals surface area contributed by atoms with Crippen LogP contribution in [-0.4, -0.2) is 53.7 Å². The average molecular weight is 286 g/mol. The third-order valence-corrected chi connectivity index (χ3v) is 2.75. The van der Waals surface area contributed by atoms with Crippen molar-refractivity contribution in [1.82, 2.24) is 10.2 Å². The van der Waals surface area contributed by atoms with Crippen LogP contribution in [0.5, 0.6) is 0 Å². The van der Waals surface area contributed by atoms with Gasteiger partial charge in [-0.25, -0.2) is 4.79 Å². The molecule has 20 heavy (non-hydrogen) atoms. The standard InChI is InChI=1S/C14H27N3O3/c1-13(2,3)16-11(18)10-9-17(8-7-15-10)12(19)20-14(4,5)6/h10,15H,7-9H2,1-6H3,(H,16,18)/p+1/t10-/m1/s1. The van der Waals surface area contributed by atoms with Crippen molar-refractivity contribution in [1.29, 1.82) is 0 Å². The van der Waals surface area contributed by atoms with Gasteiger partial charge in [-0.05, 0) is 41.5 Å². The number of nitrogens with two attached hydrogens (primary N) is 1. The lowest BCUT2D eigenvalue weighted by Crippen LogP contribution is -2.98. The number of carbonyl (C=O) groups excluding carboxylic acids is 2. The van der Waals surface area contributed by atoms with Gasteiger partial charge in [0.2, 0.25) is 0 Å². The monoisotopic (exact) mass is 286 g/mol. The van der Waals surface area contributed by atoms with Crippen molar-refractivity contribution in [3.8, 4) is 0 Å². The Morgan fingerprint density at radius 1 is 1.20 bits per heavy atom. The van der Waals surface area contributed by atoms with Crippen LogP contribution in [-0.2, 0) is 9.53 Å². The van der Waals surface area contributed by atoms with Crippen LogP contribution in [0.2, 0.25) is 0 Å². The molecular formula is C14H28N3O3+. The molecule has 0 unspecified atom stereocenters. The summed E-state index contributed by atoms with van der Waals surface area (Å²) >= 11 is 0. The molecule has 0 aliphatic carbocycles. The molecule has 0 aromatic heterocycles. The van der Waals surface area contributed by atoms with Crippen molar-refractivity contribution in [3.05, 3.63) is 0 Å². The van der Waals surface area contributed by atoms with Crippen molar-refractivity contribution < 1.29 is 19.6 Å². The molecule has 1 heterocycles. The molecule has 1 saturated heterocycles. The average Bonchev–Trinajstić information content (AvgIpc) is 2.24. The zero-order chi connectivity index (χ0) is 15.6. The fraction of sp³-hybridized carbons (Fsp3) is 0.857. The molecule has 6 heteroatoms. The Bertz CT molecular complexity index is 335. The first-order chi connectivity index (χ1) is 8.98. The third-order valence-electron chi connectivity index (χ3n) is 2.75. The van der Waals surface area contributed by atoms with Crippen molar-refractivity contribution >= 4 is 12.0 Å². The molecule has 1 fully saturated rings. The maximum atomic E-state index is 12.1. The van der Waals surface area contributed by atoms with Gasteiger partial charge in [0.05, 0.1) is 19.6 Å². The van der Waals surface area contributed by atoms with E-state index in [0.717, 1.165) is 0 Å². The number of piperazine rings is 1. The van der Waals surface area contributed by atoms with Gasteiger partial charge in [0.1, 0.15) is 5.60 Å². The first-order valence-corrected chi connectivity index (χ1v) is 7.11. The predicted octanol–water partition coefficient (Wildman–Crippen LogP) is 0.0838. The van der Waals surface area contributed by atoms with Crippen LogP contribution in [0.25, 0.3) is 0 Å². The Morgan fingerprint density at radius 3 is 2.30 bits per heavy atom. The molecule has 0 spiro atoms. The Morgan fingerprint density at radius 2 is 1.80 bits per heavy atom. The van der Waals surface area contributed by atoms with Crippen molar-refractivity contribution in [2.45, 2.75) is 58.7 Å². The molecule has 2 amide bonds. The van der Waals surface area contributed by atoms with E-state index in [1.165, 1.54) is 0 Å². The van der Waals surface area contributed by atoms with Crippen LogP contribution in [0.15, 0.2) is 0 Å². The number of amides is 2. The Hall–Kier alpha value is -1.30. The molecule has 6 nitrogen and oxygen atoms in total. The van der Waals surface area contributed by atoms with Gasteiger partial charge in [0.15, 0.2) is 6.04 Å². The highest BCUT2D eigenvalue weighted by Gasteiger charge is 2.34. The van der Waals surface area contributed by atoms with E-state index in [9.17, 15) is 9.59 Å². The van der Waals surface area contributed by atoms with Crippen LogP contribution in [0.4, 0.5) is 4.79 Å². The lowest BCUT2D eigenvalue weighted by atomic mass is 10.1. The topological polar surface area (TPSA) is 75.2 Å². The number of rotatable bonds is 1. The van der Waals surface area contributed by atoms with Gasteiger partial charge in [-0.3, -0.25) is 9.69 Å². The minimum Gasteiger partial charge on any atom is -0.444 e. The van der Waals surface area contributed by atoms with Gasteiger partial charge < -0.3 is 15.4 Å². The summed E-state index contributed by atoms with van der Waals surface area (Å²) in [6.45, 7) is 13.0. The second kappa shape index (κ2) is 5.99. The number of hydrogen-bond acceptors (Lipinski definition) is 3. The van der Waals surface area contributed by atoms with Crippen molar-refractivity contribution in [2.75, 3.05) is 19.6 Å². The normalized spacial score (nSPS) is 20.5. The van der Waals surface area contributed by atoms with Gasteiger partial charge in [0, 0.05) is 5.54 Å². The van der Waals surface area contributed by atoms with E-state index in [0.29, 0.717) is 19.6 Å². The number of quaternary nitrogens is 1. The molecule has 0 bridgehead atoms. The van der Waals surface area contributed by atoms with Gasteiger partial charge in [-0.2, -0.15) is 0 Å². The van der Waals surface area contributed by atoms with Gasteiger partial charge in [0.25, 0.3) is 5.91 Å². The van der Waals surface area contributed by atoms with E-state index in [1.807, 2.05) is 46.9 Å². The summed E-state index contributed by atoms with van der Waals surface area (Å²) in [7, 11) is 0. The number of hydrogen-bond donors (Lipinski definition) is 2. The molecule has 116 valence electrons. The molecule has 3 N–H and O–H groups in total. The summed E-state index contributed by atoms with van der Waals surface area (Å²) in [6.07, 6.45) is -0.348. The van der Waals surface area contributed by atoms with E-state index in [1.54, 1.807) is 4.90 Å². The second-order valence-corrected chi connectivity index (χ2v) is 7.30. The number of nitrogens with one attached hydrogen (secondary N) is 1. The molecule has 1 atom stereocenters. The highest BCUT2D eigenvalue weighted by atomic mass is 16.6. The fourth-order valence-electron chi connectivity index (χ4n) is 1.98. The Balaban J connectivity index is 2.58. The van der Waals surface area contributed by atoms with Gasteiger partial charge >= 0.3 is 6.09 Å². The predicted molar refractivity (Wildman–Crippen MR) is 76.3 cm³/mol. The highest BCUT2D eigenvalue weighted by Crippen LogP contribution is 2.10. The lowest BCUT2D eigenvalue weighted by Gasteiger charge is -2.33. The van der Waals surface area contributed by atoms with E-state index >= 15 is 0 Å². The second-order valence-electron chi connectivity index (χ2n) is 7.30. The summed E-state index contributed by atoms with van der Waals surface area (Å²) < 4.78 is 5.35. The Labute approximate surface area is 121 Å². The third kappa shape index (κ3) is 5.77. The molecule has 1 aliphatic heterocycles. The number of nitrogens with zero attached hydrogens (tertiary/aromatic N) is 1. The molecule has 1 rings (SSSR count). The van der Waals surface area contributed by atoms with Crippen LogP contribution >= 0.6 is 0 Å². The first kappa shape index (κ1) is 16.8. The van der Waals surface area contributed by atoms with Crippen LogP contribution < -0.4 is 10.6 Å². The quantitative estimate of drug-likeness (QED) is 0.717. The molecule has 0 radical (unpaired) electrons. The van der Waals surface area contributed by atoms with E-state index in [4.69, 9.17) is 4.74 Å². The molecule has 1 aliphatic rings. The zero-order valence-corrected chi connectivity index (χ0v) is 13.4. The minimum absolute atomic E-state index is 0.0363. The SMILES string of the molecule is CC(C)(C)NC(=O)[C@H]1CN(C(=O)OC(C)(C)C)CC[NH2+]1. The number of ether oxygens (including phenoxy) is 1. The van der Waals surface area contributed by atoms with Crippen LogP contribution in [0.1, 0.15) is 41.5 Å². The summed E-state index contributed by atoms with van der Waals surface area (Å²) in [5, 5.41) is 4.92. The fourth-order valence-corrected chi connectivity index (χ4v) is 1.98. The number of carbonyl (C=O) groups is 2. The molecule has 0 aromatic carbocycles. The van der Waals surface area contributed by atoms with Crippen LogP contribution in [0, 0.1) is 0 Å². The molecular weight excluding hydrogens is 258 g/mol. The zero-order valence-electron chi connectivity index (χ0n) is 13.4. The smallest absolute Gasteiger partial charge is 0.410 e. The molecule has 0 saturated carbocycles. The molecule has 0 aromatic rings.